The van der Waals surface area contributed by atoms with E-state index in [4.69, 9.17) is 14.2 Å². The number of likely N-dealkylation sites (tertiary alicyclic amines) is 2. The van der Waals surface area contributed by atoms with Gasteiger partial charge in [0.2, 0.25) is 5.91 Å². The standard InChI is InChI=1S/C29H43N3O7Si/c1-29(2,3)39-28(36)30-13-11-21(12-14-30)38-22-8-7-20-18-31(26(34)23(20)17-22)24-9-10-25(33)32(27(24)35)19-37-15-16-40(4,5)6/h7-8,17,21,24H,9-16,18-19H2,1-6H3. The molecule has 0 aromatic heterocycles. The Morgan fingerprint density at radius 2 is 1.75 bits per heavy atom. The molecule has 220 valence electrons. The van der Waals surface area contributed by atoms with E-state index in [-0.39, 0.29) is 43.1 Å². The van der Waals surface area contributed by atoms with Gasteiger partial charge in [-0.1, -0.05) is 25.7 Å². The quantitative estimate of drug-likeness (QED) is 0.260. The molecule has 0 aliphatic carbocycles. The molecule has 1 aromatic rings. The van der Waals surface area contributed by atoms with Crippen LogP contribution in [-0.4, -0.2) is 90.8 Å². The highest BCUT2D eigenvalue weighted by molar-refractivity contribution is 6.76. The Kier molecular flexibility index (Phi) is 8.94. The number of amides is 4. The summed E-state index contributed by atoms with van der Waals surface area (Å²) in [5.74, 6) is -0.273. The van der Waals surface area contributed by atoms with Crippen LogP contribution in [0.3, 0.4) is 0 Å². The van der Waals surface area contributed by atoms with Gasteiger partial charge < -0.3 is 24.0 Å². The molecule has 4 rings (SSSR count). The zero-order valence-corrected chi connectivity index (χ0v) is 25.7. The smallest absolute Gasteiger partial charge is 0.410 e. The van der Waals surface area contributed by atoms with Crippen molar-refractivity contribution in [3.05, 3.63) is 29.3 Å². The van der Waals surface area contributed by atoms with Crippen LogP contribution in [0.4, 0.5) is 4.79 Å². The van der Waals surface area contributed by atoms with E-state index in [9.17, 15) is 19.2 Å². The summed E-state index contributed by atoms with van der Waals surface area (Å²) in [4.78, 5) is 55.9. The Bertz CT molecular complexity index is 1140. The topological polar surface area (TPSA) is 106 Å². The molecule has 1 atom stereocenters. The average molecular weight is 574 g/mol. The Hall–Kier alpha value is -2.92. The number of imide groups is 1. The number of carbonyl (C=O) groups excluding carboxylic acids is 4. The van der Waals surface area contributed by atoms with Crippen molar-refractivity contribution in [3.8, 4) is 5.75 Å². The molecule has 3 aliphatic rings. The van der Waals surface area contributed by atoms with E-state index in [2.05, 4.69) is 19.6 Å². The first-order chi connectivity index (χ1) is 18.7. The van der Waals surface area contributed by atoms with Crippen LogP contribution in [0.25, 0.3) is 0 Å². The van der Waals surface area contributed by atoms with Gasteiger partial charge in [0.15, 0.2) is 0 Å². The number of ether oxygens (including phenoxy) is 3. The number of hydrogen-bond donors (Lipinski definition) is 0. The summed E-state index contributed by atoms with van der Waals surface area (Å²) in [6.07, 6.45) is 1.44. The molecule has 3 aliphatic heterocycles. The maximum absolute atomic E-state index is 13.4. The van der Waals surface area contributed by atoms with Gasteiger partial charge in [0.25, 0.3) is 11.8 Å². The highest BCUT2D eigenvalue weighted by Gasteiger charge is 2.43. The van der Waals surface area contributed by atoms with Crippen molar-refractivity contribution in [2.24, 2.45) is 0 Å². The van der Waals surface area contributed by atoms with Crippen LogP contribution in [0.1, 0.15) is 62.4 Å². The fraction of sp³-hybridized carbons (Fsp3) is 0.655. The third kappa shape index (κ3) is 7.42. The third-order valence-corrected chi connectivity index (χ3v) is 9.09. The fourth-order valence-corrected chi connectivity index (χ4v) is 5.84. The summed E-state index contributed by atoms with van der Waals surface area (Å²) in [6, 6.07) is 5.71. The molecule has 2 fully saturated rings. The highest BCUT2D eigenvalue weighted by atomic mass is 28.3. The van der Waals surface area contributed by atoms with Crippen LogP contribution < -0.4 is 4.74 Å². The molecule has 0 radical (unpaired) electrons. The minimum atomic E-state index is -1.29. The Morgan fingerprint density at radius 3 is 2.40 bits per heavy atom. The molecule has 1 unspecified atom stereocenters. The minimum absolute atomic E-state index is 0.0711. The number of rotatable bonds is 8. The van der Waals surface area contributed by atoms with E-state index >= 15 is 0 Å². The lowest BCUT2D eigenvalue weighted by molar-refractivity contribution is -0.158. The van der Waals surface area contributed by atoms with Crippen molar-refractivity contribution in [1.82, 2.24) is 14.7 Å². The van der Waals surface area contributed by atoms with Gasteiger partial charge in [0.1, 0.15) is 30.2 Å². The largest absolute Gasteiger partial charge is 0.490 e. The summed E-state index contributed by atoms with van der Waals surface area (Å²) in [7, 11) is -1.29. The number of nitrogens with zero attached hydrogens (tertiary/aromatic N) is 3. The van der Waals surface area contributed by atoms with Crippen LogP contribution in [0.15, 0.2) is 18.2 Å². The first kappa shape index (κ1) is 30.0. The summed E-state index contributed by atoms with van der Waals surface area (Å²) >= 11 is 0. The second kappa shape index (κ2) is 11.9. The fourth-order valence-electron chi connectivity index (χ4n) is 5.08. The van der Waals surface area contributed by atoms with Gasteiger partial charge in [-0.3, -0.25) is 19.3 Å². The zero-order valence-electron chi connectivity index (χ0n) is 24.7. The molecule has 3 heterocycles. The molecule has 10 nitrogen and oxygen atoms in total. The first-order valence-electron chi connectivity index (χ1n) is 14.2. The van der Waals surface area contributed by atoms with Crippen molar-refractivity contribution in [2.75, 3.05) is 26.4 Å². The SMILES string of the molecule is CC(C)(C)OC(=O)N1CCC(Oc2ccc3c(c2)C(=O)N(C2CCC(=O)N(COCC[Si](C)(C)C)C2=O)C3)CC1. The van der Waals surface area contributed by atoms with Crippen molar-refractivity contribution >= 4 is 31.9 Å². The van der Waals surface area contributed by atoms with Gasteiger partial charge in [0, 0.05) is 59.1 Å². The summed E-state index contributed by atoms with van der Waals surface area (Å²) in [5, 5.41) is 0. The van der Waals surface area contributed by atoms with E-state index in [1.165, 1.54) is 0 Å². The van der Waals surface area contributed by atoms with E-state index in [0.717, 1.165) is 16.5 Å². The number of fused-ring (bicyclic) bond motifs is 1. The monoisotopic (exact) mass is 573 g/mol. The van der Waals surface area contributed by atoms with Crippen LogP contribution in [0, 0.1) is 0 Å². The molecule has 0 N–H and O–H groups in total. The lowest BCUT2D eigenvalue weighted by atomic mass is 10.0. The Labute approximate surface area is 237 Å². The predicted molar refractivity (Wildman–Crippen MR) is 152 cm³/mol. The second-order valence-corrected chi connectivity index (χ2v) is 18.7. The molecule has 0 bridgehead atoms. The highest BCUT2D eigenvalue weighted by Crippen LogP contribution is 2.32. The molecule has 1 aromatic carbocycles. The van der Waals surface area contributed by atoms with Gasteiger partial charge in [0.05, 0.1) is 0 Å². The second-order valence-electron chi connectivity index (χ2n) is 13.1. The van der Waals surface area contributed by atoms with Gasteiger partial charge in [-0.25, -0.2) is 4.79 Å². The number of hydrogen-bond acceptors (Lipinski definition) is 7. The predicted octanol–water partition coefficient (Wildman–Crippen LogP) is 4.25. The molecule has 40 heavy (non-hydrogen) atoms. The van der Waals surface area contributed by atoms with Crippen molar-refractivity contribution in [3.63, 3.8) is 0 Å². The van der Waals surface area contributed by atoms with Gasteiger partial charge in [-0.2, -0.15) is 0 Å². The molecule has 0 saturated carbocycles. The summed E-state index contributed by atoms with van der Waals surface area (Å²) in [5.41, 5.74) is 0.818. The van der Waals surface area contributed by atoms with Crippen LogP contribution in [-0.2, 0) is 25.6 Å². The molecular weight excluding hydrogens is 530 g/mol. The molecule has 4 amide bonds. The molecule has 11 heteroatoms. The van der Waals surface area contributed by atoms with E-state index in [1.54, 1.807) is 15.9 Å². The van der Waals surface area contributed by atoms with Crippen molar-refractivity contribution in [2.45, 2.75) is 96.4 Å². The first-order valence-corrected chi connectivity index (χ1v) is 17.9. The van der Waals surface area contributed by atoms with Crippen LogP contribution >= 0.6 is 0 Å². The molecule has 2 saturated heterocycles. The number of carbonyl (C=O) groups is 4. The van der Waals surface area contributed by atoms with Gasteiger partial charge >= 0.3 is 6.09 Å². The maximum atomic E-state index is 13.4. The summed E-state index contributed by atoms with van der Waals surface area (Å²) in [6.45, 7) is 14.1. The number of piperidine rings is 2. The lowest BCUT2D eigenvalue weighted by Gasteiger charge is -2.35. The zero-order chi connectivity index (χ0) is 29.2. The van der Waals surface area contributed by atoms with Crippen LogP contribution in [0.2, 0.25) is 25.7 Å². The molecule has 0 spiro atoms. The number of benzene rings is 1. The van der Waals surface area contributed by atoms with Gasteiger partial charge in [-0.05, 0) is 50.9 Å². The minimum Gasteiger partial charge on any atom is -0.490 e. The Balaban J connectivity index is 1.33. The normalized spacial score (nSPS) is 20.7. The van der Waals surface area contributed by atoms with E-state index < -0.39 is 19.7 Å². The Morgan fingerprint density at radius 1 is 1.05 bits per heavy atom. The van der Waals surface area contributed by atoms with E-state index in [1.807, 2.05) is 32.9 Å². The van der Waals surface area contributed by atoms with Crippen LogP contribution in [0.5, 0.6) is 5.75 Å². The van der Waals surface area contributed by atoms with E-state index in [0.29, 0.717) is 56.8 Å². The molecular formula is C29H43N3O7Si. The van der Waals surface area contributed by atoms with Crippen molar-refractivity contribution < 1.29 is 33.4 Å². The summed E-state index contributed by atoms with van der Waals surface area (Å²) < 4.78 is 17.3. The van der Waals surface area contributed by atoms with Gasteiger partial charge in [-0.15, -0.1) is 0 Å². The third-order valence-electron chi connectivity index (χ3n) is 7.39. The average Bonchev–Trinajstić information content (AvgIpc) is 3.18. The lowest BCUT2D eigenvalue weighted by Crippen LogP contribution is -2.55. The maximum Gasteiger partial charge on any atom is 0.410 e. The van der Waals surface area contributed by atoms with Crippen molar-refractivity contribution in [1.29, 1.82) is 0 Å².